The first-order valence-corrected chi connectivity index (χ1v) is 10.2. The van der Waals surface area contributed by atoms with Gasteiger partial charge in [0.1, 0.15) is 5.82 Å². The number of nitrogens with zero attached hydrogens (tertiary/aromatic N) is 4. The van der Waals surface area contributed by atoms with Crippen molar-refractivity contribution in [2.24, 2.45) is 7.05 Å². The van der Waals surface area contributed by atoms with E-state index in [-0.39, 0.29) is 0 Å². The zero-order valence-electron chi connectivity index (χ0n) is 15.6. The highest BCUT2D eigenvalue weighted by Gasteiger charge is 2.17. The fraction of sp³-hybridized carbons (Fsp3) is 0.0455. The average molecular weight is 456 g/mol. The highest BCUT2D eigenvalue weighted by Crippen LogP contribution is 2.35. The number of fused-ring (bicyclic) bond motifs is 1. The van der Waals surface area contributed by atoms with Crippen molar-refractivity contribution in [3.05, 3.63) is 75.7 Å². The van der Waals surface area contributed by atoms with Crippen molar-refractivity contribution in [2.75, 3.05) is 0 Å². The van der Waals surface area contributed by atoms with Gasteiger partial charge >= 0.3 is 0 Å². The highest BCUT2D eigenvalue weighted by atomic mass is 35.5. The largest absolute Gasteiger partial charge is 0.334 e. The summed E-state index contributed by atoms with van der Waals surface area (Å²) in [5, 5.41) is 5.69. The fourth-order valence-electron chi connectivity index (χ4n) is 3.31. The molecule has 8 heteroatoms. The Kier molecular flexibility index (Phi) is 4.74. The average Bonchev–Trinajstić information content (AvgIpc) is 3.36. The summed E-state index contributed by atoms with van der Waals surface area (Å²) in [4.78, 5) is 9.27. The number of aryl methyl sites for hydroxylation is 1. The van der Waals surface area contributed by atoms with Gasteiger partial charge in [0, 0.05) is 28.8 Å². The molecule has 0 bridgehead atoms. The van der Waals surface area contributed by atoms with Gasteiger partial charge in [0.25, 0.3) is 5.89 Å². The molecular weight excluding hydrogens is 443 g/mol. The molecule has 0 radical (unpaired) electrons. The maximum Gasteiger partial charge on any atom is 0.258 e. The van der Waals surface area contributed by atoms with Crippen LogP contribution in [0.15, 0.2) is 65.2 Å². The van der Waals surface area contributed by atoms with Crippen molar-refractivity contribution < 1.29 is 4.52 Å². The van der Waals surface area contributed by atoms with Gasteiger partial charge in [-0.15, -0.1) is 0 Å². The maximum absolute atomic E-state index is 6.40. The van der Waals surface area contributed by atoms with Gasteiger partial charge in [-0.05, 0) is 54.6 Å². The third kappa shape index (κ3) is 3.25. The number of imidazole rings is 1. The standard InChI is InChI=1S/C22H13Cl3N4O/c1-29-18-10-7-13(22-27-20(28-30-22)12-5-8-14(23)9-6-12)11-17(18)26-21(29)15-3-2-4-16(24)19(15)25/h2-11H,1H3. The molecule has 0 fully saturated rings. The molecule has 0 spiro atoms. The maximum atomic E-state index is 6.40. The monoisotopic (exact) mass is 454 g/mol. The van der Waals surface area contributed by atoms with E-state index in [9.17, 15) is 0 Å². The van der Waals surface area contributed by atoms with Gasteiger partial charge in [-0.3, -0.25) is 0 Å². The van der Waals surface area contributed by atoms with Crippen LogP contribution < -0.4 is 0 Å². The number of hydrogen-bond donors (Lipinski definition) is 0. The molecule has 0 aliphatic carbocycles. The Hall–Kier alpha value is -2.86. The number of halogens is 3. The van der Waals surface area contributed by atoms with Crippen molar-refractivity contribution in [1.29, 1.82) is 0 Å². The van der Waals surface area contributed by atoms with Gasteiger partial charge in [0.2, 0.25) is 5.82 Å². The Labute approximate surface area is 186 Å². The Balaban J connectivity index is 1.56. The van der Waals surface area contributed by atoms with E-state index in [0.717, 1.165) is 33.5 Å². The van der Waals surface area contributed by atoms with Crippen LogP contribution in [0.4, 0.5) is 0 Å². The summed E-state index contributed by atoms with van der Waals surface area (Å²) in [6, 6.07) is 18.6. The second-order valence-electron chi connectivity index (χ2n) is 6.73. The Morgan fingerprint density at radius 3 is 2.43 bits per heavy atom. The van der Waals surface area contributed by atoms with E-state index >= 15 is 0 Å². The van der Waals surface area contributed by atoms with Crippen molar-refractivity contribution in [2.45, 2.75) is 0 Å². The molecule has 5 nitrogen and oxygen atoms in total. The molecule has 0 amide bonds. The third-order valence-corrected chi connectivity index (χ3v) is 5.92. The molecular formula is C22H13Cl3N4O. The fourth-order valence-corrected chi connectivity index (χ4v) is 3.82. The van der Waals surface area contributed by atoms with E-state index in [1.165, 1.54) is 0 Å². The third-order valence-electron chi connectivity index (χ3n) is 4.85. The minimum absolute atomic E-state index is 0.412. The number of benzene rings is 3. The Morgan fingerprint density at radius 1 is 0.867 bits per heavy atom. The topological polar surface area (TPSA) is 56.7 Å². The Morgan fingerprint density at radius 2 is 1.63 bits per heavy atom. The lowest BCUT2D eigenvalue weighted by atomic mass is 10.2. The summed E-state index contributed by atoms with van der Waals surface area (Å²) in [6.07, 6.45) is 0. The first-order valence-electron chi connectivity index (χ1n) is 9.02. The summed E-state index contributed by atoms with van der Waals surface area (Å²) in [6.45, 7) is 0. The van der Waals surface area contributed by atoms with Crippen LogP contribution >= 0.6 is 34.8 Å². The molecule has 0 atom stereocenters. The van der Waals surface area contributed by atoms with E-state index in [1.807, 2.05) is 54.1 Å². The van der Waals surface area contributed by atoms with E-state index in [4.69, 9.17) is 44.3 Å². The lowest BCUT2D eigenvalue weighted by Gasteiger charge is -2.05. The smallest absolute Gasteiger partial charge is 0.258 e. The summed E-state index contributed by atoms with van der Waals surface area (Å²) in [5.74, 6) is 1.63. The van der Waals surface area contributed by atoms with Crippen molar-refractivity contribution in [3.8, 4) is 34.2 Å². The van der Waals surface area contributed by atoms with E-state index in [0.29, 0.717) is 26.8 Å². The van der Waals surface area contributed by atoms with Crippen molar-refractivity contribution in [1.82, 2.24) is 19.7 Å². The van der Waals surface area contributed by atoms with E-state index in [1.54, 1.807) is 18.2 Å². The predicted octanol–water partition coefficient (Wildman–Crippen LogP) is 6.92. The van der Waals surface area contributed by atoms with Crippen LogP contribution in [0.3, 0.4) is 0 Å². The molecule has 0 aliphatic heterocycles. The van der Waals surface area contributed by atoms with Gasteiger partial charge in [-0.2, -0.15) is 4.98 Å². The van der Waals surface area contributed by atoms with Gasteiger partial charge in [0.15, 0.2) is 0 Å². The van der Waals surface area contributed by atoms with Gasteiger partial charge in [-0.25, -0.2) is 4.98 Å². The molecule has 30 heavy (non-hydrogen) atoms. The lowest BCUT2D eigenvalue weighted by molar-refractivity contribution is 0.432. The molecule has 0 saturated heterocycles. The van der Waals surface area contributed by atoms with E-state index in [2.05, 4.69) is 10.1 Å². The summed E-state index contributed by atoms with van der Waals surface area (Å²) in [5.41, 5.74) is 4.10. The number of hydrogen-bond acceptors (Lipinski definition) is 4. The summed E-state index contributed by atoms with van der Waals surface area (Å²) < 4.78 is 7.45. The van der Waals surface area contributed by atoms with Crippen molar-refractivity contribution >= 4 is 45.8 Å². The summed E-state index contributed by atoms with van der Waals surface area (Å²) >= 11 is 18.5. The zero-order chi connectivity index (χ0) is 20.8. The first-order chi connectivity index (χ1) is 14.5. The molecule has 148 valence electrons. The molecule has 2 heterocycles. The molecule has 3 aromatic carbocycles. The predicted molar refractivity (Wildman–Crippen MR) is 120 cm³/mol. The van der Waals surface area contributed by atoms with Crippen LogP contribution in [0.25, 0.3) is 45.3 Å². The van der Waals surface area contributed by atoms with Gasteiger partial charge in [-0.1, -0.05) is 46.0 Å². The molecule has 5 aromatic rings. The zero-order valence-corrected chi connectivity index (χ0v) is 17.9. The van der Waals surface area contributed by atoms with Crippen LogP contribution in [0.1, 0.15) is 0 Å². The van der Waals surface area contributed by atoms with Crippen LogP contribution in [0, 0.1) is 0 Å². The van der Waals surface area contributed by atoms with Gasteiger partial charge in [0.05, 0.1) is 21.1 Å². The normalized spacial score (nSPS) is 11.3. The van der Waals surface area contributed by atoms with Crippen molar-refractivity contribution in [3.63, 3.8) is 0 Å². The van der Waals surface area contributed by atoms with Crippen LogP contribution in [-0.2, 0) is 7.05 Å². The molecule has 0 unspecified atom stereocenters. The minimum atomic E-state index is 0.412. The van der Waals surface area contributed by atoms with E-state index < -0.39 is 0 Å². The Bertz CT molecular complexity index is 1390. The first kappa shape index (κ1) is 19.1. The SMILES string of the molecule is Cn1c(-c2cccc(Cl)c2Cl)nc2cc(-c3nc(-c4ccc(Cl)cc4)no3)ccc21. The lowest BCUT2D eigenvalue weighted by Crippen LogP contribution is -1.93. The molecule has 0 aliphatic rings. The van der Waals surface area contributed by atoms with Gasteiger partial charge < -0.3 is 9.09 Å². The number of rotatable bonds is 3. The molecule has 5 rings (SSSR count). The van der Waals surface area contributed by atoms with Crippen LogP contribution in [0.5, 0.6) is 0 Å². The van der Waals surface area contributed by atoms with Crippen LogP contribution in [0.2, 0.25) is 15.1 Å². The quantitative estimate of drug-likeness (QED) is 0.296. The second kappa shape index (κ2) is 7.43. The van der Waals surface area contributed by atoms with Crippen LogP contribution in [-0.4, -0.2) is 19.7 Å². The number of aromatic nitrogens is 4. The molecule has 2 aromatic heterocycles. The molecule has 0 saturated carbocycles. The second-order valence-corrected chi connectivity index (χ2v) is 7.95. The minimum Gasteiger partial charge on any atom is -0.334 e. The summed E-state index contributed by atoms with van der Waals surface area (Å²) in [7, 11) is 1.94. The highest BCUT2D eigenvalue weighted by molar-refractivity contribution is 6.43. The molecule has 0 N–H and O–H groups in total.